The number of ether oxygens (including phenoxy) is 1. The maximum atomic E-state index is 8.95. The standard InChI is InChI=1S/C12H26N2O2/c1-14-7-4-3-5-12(14)9-13-11(6-8-15)10-16-2/h11-13,15H,3-10H2,1-2H3. The van der Waals surface area contributed by atoms with Crippen LogP contribution >= 0.6 is 0 Å². The highest BCUT2D eigenvalue weighted by Crippen LogP contribution is 2.14. The lowest BCUT2D eigenvalue weighted by Crippen LogP contribution is -2.46. The molecule has 0 aromatic rings. The van der Waals surface area contributed by atoms with E-state index in [4.69, 9.17) is 9.84 Å². The average molecular weight is 230 g/mol. The molecular formula is C12H26N2O2. The van der Waals surface area contributed by atoms with Crippen molar-refractivity contribution in [2.45, 2.75) is 37.8 Å². The maximum absolute atomic E-state index is 8.95. The molecule has 0 spiro atoms. The number of likely N-dealkylation sites (tertiary alicyclic amines) is 1. The fourth-order valence-electron chi connectivity index (χ4n) is 2.31. The number of aliphatic hydroxyl groups is 1. The molecular weight excluding hydrogens is 204 g/mol. The molecule has 0 aliphatic carbocycles. The van der Waals surface area contributed by atoms with Gasteiger partial charge in [-0.3, -0.25) is 0 Å². The highest BCUT2D eigenvalue weighted by Gasteiger charge is 2.19. The molecule has 1 heterocycles. The number of aliphatic hydroxyl groups excluding tert-OH is 1. The van der Waals surface area contributed by atoms with Gasteiger partial charge < -0.3 is 20.1 Å². The highest BCUT2D eigenvalue weighted by atomic mass is 16.5. The minimum absolute atomic E-state index is 0.224. The van der Waals surface area contributed by atoms with Gasteiger partial charge in [0.05, 0.1) is 6.61 Å². The third kappa shape index (κ3) is 4.78. The van der Waals surface area contributed by atoms with Crippen molar-refractivity contribution < 1.29 is 9.84 Å². The second-order valence-electron chi connectivity index (χ2n) is 4.70. The number of nitrogens with one attached hydrogen (secondary N) is 1. The summed E-state index contributed by atoms with van der Waals surface area (Å²) in [7, 11) is 3.90. The topological polar surface area (TPSA) is 44.7 Å². The van der Waals surface area contributed by atoms with Crippen molar-refractivity contribution in [2.75, 3.05) is 40.5 Å². The van der Waals surface area contributed by atoms with Crippen LogP contribution in [-0.2, 0) is 4.74 Å². The second kappa shape index (κ2) is 8.01. The molecule has 0 bridgehead atoms. The molecule has 0 aromatic heterocycles. The van der Waals surface area contributed by atoms with Crippen LogP contribution in [0.4, 0.5) is 0 Å². The Balaban J connectivity index is 2.23. The van der Waals surface area contributed by atoms with E-state index in [1.54, 1.807) is 7.11 Å². The third-order valence-corrected chi connectivity index (χ3v) is 3.41. The molecule has 2 N–H and O–H groups in total. The van der Waals surface area contributed by atoms with Gasteiger partial charge in [0.1, 0.15) is 0 Å². The van der Waals surface area contributed by atoms with Gasteiger partial charge >= 0.3 is 0 Å². The zero-order chi connectivity index (χ0) is 11.8. The van der Waals surface area contributed by atoms with Crippen molar-refractivity contribution in [1.29, 1.82) is 0 Å². The Kier molecular flexibility index (Phi) is 6.96. The predicted octanol–water partition coefficient (Wildman–Crippen LogP) is 0.458. The van der Waals surface area contributed by atoms with Crippen LogP contribution < -0.4 is 5.32 Å². The van der Waals surface area contributed by atoms with Crippen LogP contribution in [0.1, 0.15) is 25.7 Å². The SMILES string of the molecule is COCC(CCO)NCC1CCCCN1C. The number of hydrogen-bond donors (Lipinski definition) is 2. The smallest absolute Gasteiger partial charge is 0.0616 e. The van der Waals surface area contributed by atoms with E-state index in [0.29, 0.717) is 12.6 Å². The molecule has 1 fully saturated rings. The van der Waals surface area contributed by atoms with E-state index < -0.39 is 0 Å². The van der Waals surface area contributed by atoms with E-state index in [1.165, 1.54) is 25.8 Å². The summed E-state index contributed by atoms with van der Waals surface area (Å²) >= 11 is 0. The van der Waals surface area contributed by atoms with Crippen LogP contribution in [0.5, 0.6) is 0 Å². The highest BCUT2D eigenvalue weighted by molar-refractivity contribution is 4.78. The van der Waals surface area contributed by atoms with Gasteiger partial charge in [0.15, 0.2) is 0 Å². The summed E-state index contributed by atoms with van der Waals surface area (Å²) in [4.78, 5) is 2.43. The predicted molar refractivity (Wildman–Crippen MR) is 65.6 cm³/mol. The Bertz CT molecular complexity index is 172. The molecule has 1 aliphatic rings. The summed E-state index contributed by atoms with van der Waals surface area (Å²) in [6.07, 6.45) is 4.71. The Morgan fingerprint density at radius 1 is 1.50 bits per heavy atom. The van der Waals surface area contributed by atoms with Gasteiger partial charge in [0.2, 0.25) is 0 Å². The summed E-state index contributed by atoms with van der Waals surface area (Å²) in [5, 5.41) is 12.4. The van der Waals surface area contributed by atoms with E-state index in [0.717, 1.165) is 13.0 Å². The van der Waals surface area contributed by atoms with Gasteiger partial charge in [0, 0.05) is 32.3 Å². The van der Waals surface area contributed by atoms with Crippen LogP contribution in [0.2, 0.25) is 0 Å². The number of piperidine rings is 1. The average Bonchev–Trinajstić information content (AvgIpc) is 2.28. The monoisotopic (exact) mass is 230 g/mol. The number of methoxy groups -OCH3 is 1. The van der Waals surface area contributed by atoms with Crippen LogP contribution in [0, 0.1) is 0 Å². The van der Waals surface area contributed by atoms with Gasteiger partial charge in [-0.05, 0) is 32.9 Å². The Labute approximate surface area is 99.0 Å². The van der Waals surface area contributed by atoms with Gasteiger partial charge in [-0.15, -0.1) is 0 Å². The van der Waals surface area contributed by atoms with Crippen molar-refractivity contribution >= 4 is 0 Å². The van der Waals surface area contributed by atoms with E-state index in [9.17, 15) is 0 Å². The van der Waals surface area contributed by atoms with Crippen LogP contribution in [0.3, 0.4) is 0 Å². The molecule has 1 saturated heterocycles. The summed E-state index contributed by atoms with van der Waals surface area (Å²) in [6.45, 7) is 3.12. The molecule has 0 radical (unpaired) electrons. The number of rotatable bonds is 7. The summed E-state index contributed by atoms with van der Waals surface area (Å²) in [5.41, 5.74) is 0. The number of likely N-dealkylation sites (N-methyl/N-ethyl adjacent to an activating group) is 1. The molecule has 1 rings (SSSR count). The van der Waals surface area contributed by atoms with E-state index in [1.807, 2.05) is 0 Å². The normalized spacial score (nSPS) is 24.6. The second-order valence-corrected chi connectivity index (χ2v) is 4.70. The Morgan fingerprint density at radius 2 is 2.31 bits per heavy atom. The Morgan fingerprint density at radius 3 is 2.94 bits per heavy atom. The summed E-state index contributed by atoms with van der Waals surface area (Å²) in [6, 6.07) is 0.928. The zero-order valence-electron chi connectivity index (χ0n) is 10.6. The minimum Gasteiger partial charge on any atom is -0.396 e. The summed E-state index contributed by atoms with van der Waals surface area (Å²) < 4.78 is 5.14. The molecule has 4 heteroatoms. The van der Waals surface area contributed by atoms with Gasteiger partial charge in [0.25, 0.3) is 0 Å². The first kappa shape index (κ1) is 13.9. The van der Waals surface area contributed by atoms with Gasteiger partial charge in [-0.1, -0.05) is 6.42 Å². The van der Waals surface area contributed by atoms with E-state index in [2.05, 4.69) is 17.3 Å². The molecule has 0 amide bonds. The first-order chi connectivity index (χ1) is 7.77. The van der Waals surface area contributed by atoms with Gasteiger partial charge in [-0.25, -0.2) is 0 Å². The molecule has 2 atom stereocenters. The Hall–Kier alpha value is -0.160. The first-order valence-electron chi connectivity index (χ1n) is 6.31. The van der Waals surface area contributed by atoms with E-state index >= 15 is 0 Å². The molecule has 16 heavy (non-hydrogen) atoms. The fraction of sp³-hybridized carbons (Fsp3) is 1.00. The lowest BCUT2D eigenvalue weighted by molar-refractivity contribution is 0.132. The summed E-state index contributed by atoms with van der Waals surface area (Å²) in [5.74, 6) is 0. The van der Waals surface area contributed by atoms with Crippen LogP contribution in [-0.4, -0.2) is 62.6 Å². The van der Waals surface area contributed by atoms with E-state index in [-0.39, 0.29) is 12.6 Å². The number of nitrogens with zero attached hydrogens (tertiary/aromatic N) is 1. The fourth-order valence-corrected chi connectivity index (χ4v) is 2.31. The first-order valence-corrected chi connectivity index (χ1v) is 6.31. The van der Waals surface area contributed by atoms with Crippen molar-refractivity contribution in [1.82, 2.24) is 10.2 Å². The van der Waals surface area contributed by atoms with Crippen molar-refractivity contribution in [2.24, 2.45) is 0 Å². The lowest BCUT2D eigenvalue weighted by Gasteiger charge is -2.33. The quantitative estimate of drug-likeness (QED) is 0.667. The maximum Gasteiger partial charge on any atom is 0.0616 e. The minimum atomic E-state index is 0.224. The largest absolute Gasteiger partial charge is 0.396 e. The molecule has 96 valence electrons. The van der Waals surface area contributed by atoms with Crippen molar-refractivity contribution in [3.05, 3.63) is 0 Å². The van der Waals surface area contributed by atoms with Crippen LogP contribution in [0.25, 0.3) is 0 Å². The number of hydrogen-bond acceptors (Lipinski definition) is 4. The van der Waals surface area contributed by atoms with Crippen LogP contribution in [0.15, 0.2) is 0 Å². The van der Waals surface area contributed by atoms with Gasteiger partial charge in [-0.2, -0.15) is 0 Å². The molecule has 4 nitrogen and oxygen atoms in total. The lowest BCUT2D eigenvalue weighted by atomic mass is 10.0. The van der Waals surface area contributed by atoms with Crippen molar-refractivity contribution in [3.8, 4) is 0 Å². The third-order valence-electron chi connectivity index (χ3n) is 3.41. The molecule has 0 saturated carbocycles. The zero-order valence-corrected chi connectivity index (χ0v) is 10.6. The molecule has 2 unspecified atom stereocenters. The molecule has 0 aromatic carbocycles. The molecule has 1 aliphatic heterocycles. The van der Waals surface area contributed by atoms with Crippen molar-refractivity contribution in [3.63, 3.8) is 0 Å².